The molecule has 0 fully saturated rings. The van der Waals surface area contributed by atoms with Gasteiger partial charge in [-0.05, 0) is 19.4 Å². The minimum Gasteiger partial charge on any atom is -1.00 e. The van der Waals surface area contributed by atoms with E-state index >= 15 is 0 Å². The number of aromatic nitrogens is 1. The molecule has 0 bridgehead atoms. The van der Waals surface area contributed by atoms with Gasteiger partial charge < -0.3 is 12.4 Å². The molecule has 1 nitrogen and oxygen atoms in total. The molecule has 0 atom stereocenters. The van der Waals surface area contributed by atoms with E-state index in [2.05, 4.69) is 43.7 Å². The van der Waals surface area contributed by atoms with Crippen molar-refractivity contribution in [1.29, 1.82) is 0 Å². The van der Waals surface area contributed by atoms with Gasteiger partial charge in [0.05, 0.1) is 0 Å². The topological polar surface area (TPSA) is 3.88 Å². The third-order valence-corrected chi connectivity index (χ3v) is 5.37. The minimum atomic E-state index is 0. The Labute approximate surface area is 164 Å². The van der Waals surface area contributed by atoms with Crippen LogP contribution < -0.4 is 17.0 Å². The number of rotatable bonds is 15. The molecule has 0 aliphatic heterocycles. The van der Waals surface area contributed by atoms with E-state index in [4.69, 9.17) is 0 Å². The van der Waals surface area contributed by atoms with Crippen molar-refractivity contribution in [3.8, 4) is 0 Å². The summed E-state index contributed by atoms with van der Waals surface area (Å²) in [7, 11) is 0. The fraction of sp³-hybridized carbons (Fsp3) is 0.783. The summed E-state index contributed by atoms with van der Waals surface area (Å²) in [6, 6.07) is 4.38. The highest BCUT2D eigenvalue weighted by atomic mass is 35.5. The first-order valence-electron chi connectivity index (χ1n) is 10.7. The molecule has 2 heteroatoms. The van der Waals surface area contributed by atoms with Crippen LogP contribution >= 0.6 is 0 Å². The van der Waals surface area contributed by atoms with Gasteiger partial charge in [0, 0.05) is 25.0 Å². The van der Waals surface area contributed by atoms with Crippen LogP contribution in [-0.4, -0.2) is 0 Å². The third kappa shape index (κ3) is 12.4. The van der Waals surface area contributed by atoms with Gasteiger partial charge in [-0.2, -0.15) is 0 Å². The van der Waals surface area contributed by atoms with Crippen molar-refractivity contribution in [2.75, 3.05) is 0 Å². The number of hydrogen-bond acceptors (Lipinski definition) is 0. The smallest absolute Gasteiger partial charge is 0.181 e. The Balaban J connectivity index is 0.00000576. The highest BCUT2D eigenvalue weighted by Crippen LogP contribution is 2.13. The average Bonchev–Trinajstić information content (AvgIpc) is 2.58. The van der Waals surface area contributed by atoms with Gasteiger partial charge in [-0.15, -0.1) is 0 Å². The molecule has 0 radical (unpaired) electrons. The second-order valence-electron chi connectivity index (χ2n) is 7.57. The molecule has 25 heavy (non-hydrogen) atoms. The largest absolute Gasteiger partial charge is 1.00 e. The van der Waals surface area contributed by atoms with Gasteiger partial charge in [0.1, 0.15) is 6.54 Å². The van der Waals surface area contributed by atoms with Gasteiger partial charge >= 0.3 is 0 Å². The van der Waals surface area contributed by atoms with Crippen molar-refractivity contribution in [2.24, 2.45) is 0 Å². The molecule has 1 aromatic rings. The fourth-order valence-corrected chi connectivity index (χ4v) is 3.47. The molecule has 0 aromatic carbocycles. The first kappa shape index (κ1) is 24.4. The van der Waals surface area contributed by atoms with E-state index in [1.165, 1.54) is 108 Å². The second kappa shape index (κ2) is 16.9. The molecule has 1 heterocycles. The summed E-state index contributed by atoms with van der Waals surface area (Å²) in [5.74, 6) is 0. The summed E-state index contributed by atoms with van der Waals surface area (Å²) in [5, 5.41) is 0. The molecule has 0 aliphatic rings. The minimum absolute atomic E-state index is 0. The SMILES string of the molecule is CCCCCCCCCCCCCCCC[n+]1cccc(C)c1C.[Cl-]. The van der Waals surface area contributed by atoms with Crippen molar-refractivity contribution < 1.29 is 17.0 Å². The summed E-state index contributed by atoms with van der Waals surface area (Å²) in [5.41, 5.74) is 2.83. The Morgan fingerprint density at radius 1 is 0.680 bits per heavy atom. The molecule has 0 saturated heterocycles. The Morgan fingerprint density at radius 2 is 1.12 bits per heavy atom. The molecule has 1 rings (SSSR count). The molecule has 146 valence electrons. The molecule has 1 aromatic heterocycles. The van der Waals surface area contributed by atoms with E-state index in [0.717, 1.165) is 0 Å². The molecule has 0 amide bonds. The van der Waals surface area contributed by atoms with E-state index < -0.39 is 0 Å². The van der Waals surface area contributed by atoms with Crippen molar-refractivity contribution in [3.63, 3.8) is 0 Å². The van der Waals surface area contributed by atoms with E-state index in [-0.39, 0.29) is 12.4 Å². The zero-order valence-corrected chi connectivity index (χ0v) is 17.9. The summed E-state index contributed by atoms with van der Waals surface area (Å²) in [6.07, 6.45) is 22.3. The van der Waals surface area contributed by atoms with Crippen LogP contribution in [0.1, 0.15) is 108 Å². The van der Waals surface area contributed by atoms with Gasteiger partial charge in [-0.3, -0.25) is 0 Å². The summed E-state index contributed by atoms with van der Waals surface area (Å²) in [4.78, 5) is 0. The van der Waals surface area contributed by atoms with Crippen LogP contribution in [0.3, 0.4) is 0 Å². The molecule has 0 spiro atoms. The molecule has 0 aliphatic carbocycles. The number of unbranched alkanes of at least 4 members (excludes halogenated alkanes) is 13. The van der Waals surface area contributed by atoms with Crippen molar-refractivity contribution in [2.45, 2.75) is 117 Å². The Hall–Kier alpha value is -0.560. The third-order valence-electron chi connectivity index (χ3n) is 5.37. The van der Waals surface area contributed by atoms with E-state index in [0.29, 0.717) is 0 Å². The van der Waals surface area contributed by atoms with Gasteiger partial charge in [0.15, 0.2) is 11.9 Å². The lowest BCUT2D eigenvalue weighted by atomic mass is 10.0. The maximum Gasteiger partial charge on any atom is 0.181 e. The zero-order valence-electron chi connectivity index (χ0n) is 17.2. The predicted molar refractivity (Wildman–Crippen MR) is 106 cm³/mol. The number of halogens is 1. The first-order valence-corrected chi connectivity index (χ1v) is 10.7. The normalized spacial score (nSPS) is 10.7. The van der Waals surface area contributed by atoms with Crippen LogP contribution in [0.4, 0.5) is 0 Å². The van der Waals surface area contributed by atoms with Crippen molar-refractivity contribution in [3.05, 3.63) is 29.6 Å². The number of hydrogen-bond donors (Lipinski definition) is 0. The van der Waals surface area contributed by atoms with E-state index in [1.807, 2.05) is 0 Å². The number of nitrogens with zero attached hydrogens (tertiary/aromatic N) is 1. The summed E-state index contributed by atoms with van der Waals surface area (Å²) >= 11 is 0. The van der Waals surface area contributed by atoms with Crippen LogP contribution in [0.15, 0.2) is 18.3 Å². The second-order valence-corrected chi connectivity index (χ2v) is 7.57. The average molecular weight is 368 g/mol. The van der Waals surface area contributed by atoms with E-state index in [1.54, 1.807) is 0 Å². The van der Waals surface area contributed by atoms with E-state index in [9.17, 15) is 0 Å². The highest BCUT2D eigenvalue weighted by Gasteiger charge is 2.06. The quantitative estimate of drug-likeness (QED) is 0.325. The number of aryl methyl sites for hydroxylation is 2. The van der Waals surface area contributed by atoms with Gasteiger partial charge in [-0.25, -0.2) is 4.57 Å². The molecule has 0 unspecified atom stereocenters. The first-order chi connectivity index (χ1) is 11.8. The monoisotopic (exact) mass is 367 g/mol. The standard InChI is InChI=1S/C23H42N.ClH/c1-4-5-6-7-8-9-10-11-12-13-14-15-16-17-20-24-21-18-19-22(2)23(24)3;/h18-19,21H,4-17,20H2,1-3H3;1H/q+1;/p-1. The Kier molecular flexibility index (Phi) is 16.5. The zero-order chi connectivity index (χ0) is 17.5. The van der Waals surface area contributed by atoms with Crippen LogP contribution in [0.2, 0.25) is 0 Å². The molecule has 0 saturated carbocycles. The Morgan fingerprint density at radius 3 is 1.60 bits per heavy atom. The van der Waals surface area contributed by atoms with Crippen LogP contribution in [0, 0.1) is 13.8 Å². The predicted octanol–water partition coefficient (Wildman–Crippen LogP) is 4.08. The Bertz CT molecular complexity index is 417. The maximum absolute atomic E-state index is 2.41. The number of pyridine rings is 1. The lowest BCUT2D eigenvalue weighted by Gasteiger charge is -2.04. The van der Waals surface area contributed by atoms with Crippen molar-refractivity contribution in [1.82, 2.24) is 0 Å². The maximum atomic E-state index is 2.41. The summed E-state index contributed by atoms with van der Waals surface area (Å²) in [6.45, 7) is 7.92. The van der Waals surface area contributed by atoms with Crippen LogP contribution in [-0.2, 0) is 6.54 Å². The summed E-state index contributed by atoms with van der Waals surface area (Å²) < 4.78 is 2.41. The van der Waals surface area contributed by atoms with Crippen LogP contribution in [0.25, 0.3) is 0 Å². The molecular formula is C23H42ClN. The van der Waals surface area contributed by atoms with Crippen LogP contribution in [0.5, 0.6) is 0 Å². The van der Waals surface area contributed by atoms with Gasteiger partial charge in [-0.1, -0.05) is 84.0 Å². The fourth-order valence-electron chi connectivity index (χ4n) is 3.47. The van der Waals surface area contributed by atoms with Crippen molar-refractivity contribution >= 4 is 0 Å². The lowest BCUT2D eigenvalue weighted by Crippen LogP contribution is -3.00. The molecule has 0 N–H and O–H groups in total. The van der Waals surface area contributed by atoms with Gasteiger partial charge in [0.25, 0.3) is 0 Å². The molecular weight excluding hydrogens is 326 g/mol. The lowest BCUT2D eigenvalue weighted by molar-refractivity contribution is -0.703. The van der Waals surface area contributed by atoms with Gasteiger partial charge in [0.2, 0.25) is 0 Å². The highest BCUT2D eigenvalue weighted by molar-refractivity contribution is 5.11.